The molecule has 0 spiro atoms. The maximum Gasteiger partial charge on any atom is 0.257 e. The molecule has 2 aliphatic rings. The van der Waals surface area contributed by atoms with E-state index < -0.39 is 23.8 Å². The molecule has 0 unspecified atom stereocenters. The van der Waals surface area contributed by atoms with E-state index in [9.17, 15) is 23.6 Å². The Kier molecular flexibility index (Phi) is 8.05. The number of amides is 4. The van der Waals surface area contributed by atoms with E-state index in [0.29, 0.717) is 38.8 Å². The Hall–Kier alpha value is -2.97. The normalized spacial score (nSPS) is 23.1. The number of halogens is 1. The molecule has 1 saturated heterocycles. The summed E-state index contributed by atoms with van der Waals surface area (Å²) in [5.41, 5.74) is 0.743. The first kappa shape index (κ1) is 24.7. The van der Waals surface area contributed by atoms with Crippen molar-refractivity contribution < 1.29 is 23.6 Å². The van der Waals surface area contributed by atoms with Crippen LogP contribution in [0.2, 0.25) is 0 Å². The van der Waals surface area contributed by atoms with Gasteiger partial charge in [0.1, 0.15) is 11.9 Å². The molecule has 0 saturated carbocycles. The minimum absolute atomic E-state index is 0.0133. The van der Waals surface area contributed by atoms with Crippen molar-refractivity contribution in [2.24, 2.45) is 5.92 Å². The molecule has 9 heteroatoms. The first-order valence-electron chi connectivity index (χ1n) is 11.6. The van der Waals surface area contributed by atoms with Gasteiger partial charge in [-0.15, -0.1) is 0 Å². The molecular formula is C24H33FN4O4. The number of benzene rings is 1. The topological polar surface area (TPSA) is 98.8 Å². The predicted molar refractivity (Wildman–Crippen MR) is 121 cm³/mol. The van der Waals surface area contributed by atoms with Gasteiger partial charge in [0.25, 0.3) is 5.91 Å². The van der Waals surface area contributed by atoms with Gasteiger partial charge < -0.3 is 20.4 Å². The molecule has 2 heterocycles. The molecule has 1 aromatic carbocycles. The Bertz CT molecular complexity index is 920. The van der Waals surface area contributed by atoms with Crippen LogP contribution in [0.15, 0.2) is 18.2 Å². The van der Waals surface area contributed by atoms with Crippen molar-refractivity contribution in [3.05, 3.63) is 35.1 Å². The zero-order chi connectivity index (χ0) is 24.1. The van der Waals surface area contributed by atoms with Gasteiger partial charge in [-0.1, -0.05) is 19.9 Å². The first-order valence-corrected chi connectivity index (χ1v) is 11.6. The summed E-state index contributed by atoms with van der Waals surface area (Å²) in [5, 5.41) is 5.78. The van der Waals surface area contributed by atoms with Crippen molar-refractivity contribution in [3.63, 3.8) is 0 Å². The Balaban J connectivity index is 1.92. The molecule has 0 aromatic heterocycles. The van der Waals surface area contributed by atoms with Crippen LogP contribution in [0.25, 0.3) is 0 Å². The zero-order valence-electron chi connectivity index (χ0n) is 19.5. The third-order valence-electron chi connectivity index (χ3n) is 6.37. The summed E-state index contributed by atoms with van der Waals surface area (Å²) in [6, 6.07) is 3.34. The van der Waals surface area contributed by atoms with Gasteiger partial charge in [0.05, 0.1) is 12.1 Å². The van der Waals surface area contributed by atoms with Gasteiger partial charge >= 0.3 is 0 Å². The molecule has 0 aliphatic carbocycles. The fraction of sp³-hybridized carbons (Fsp3) is 0.583. The van der Waals surface area contributed by atoms with Crippen molar-refractivity contribution in [3.8, 4) is 0 Å². The summed E-state index contributed by atoms with van der Waals surface area (Å²) in [5.74, 6) is -1.98. The maximum absolute atomic E-state index is 14.6. The SMILES string of the molecule is CC(=O)N1CC(=O)NCCCc2ccc(F)c(c2)C(=O)N2CCC[C@H]2C(=O)N[C@H](C(C)C)C1. The highest BCUT2D eigenvalue weighted by Crippen LogP contribution is 2.23. The van der Waals surface area contributed by atoms with Crippen molar-refractivity contribution in [1.29, 1.82) is 0 Å². The molecule has 1 fully saturated rings. The van der Waals surface area contributed by atoms with Gasteiger partial charge in [0.2, 0.25) is 17.7 Å². The summed E-state index contributed by atoms with van der Waals surface area (Å²) < 4.78 is 14.6. The largest absolute Gasteiger partial charge is 0.355 e. The molecule has 2 atom stereocenters. The summed E-state index contributed by atoms with van der Waals surface area (Å²) in [6.07, 6.45) is 2.29. The molecule has 3 rings (SSSR count). The van der Waals surface area contributed by atoms with Gasteiger partial charge in [0, 0.05) is 32.6 Å². The molecule has 4 amide bonds. The lowest BCUT2D eigenvalue weighted by atomic mass is 10.0. The fourth-order valence-electron chi connectivity index (χ4n) is 4.32. The lowest BCUT2D eigenvalue weighted by molar-refractivity contribution is -0.135. The van der Waals surface area contributed by atoms with Gasteiger partial charge in [-0.25, -0.2) is 4.39 Å². The van der Waals surface area contributed by atoms with Crippen LogP contribution in [0.4, 0.5) is 4.39 Å². The summed E-state index contributed by atoms with van der Waals surface area (Å²) in [6.45, 7) is 6.10. The molecule has 180 valence electrons. The molecule has 33 heavy (non-hydrogen) atoms. The van der Waals surface area contributed by atoms with Crippen molar-refractivity contribution in [1.82, 2.24) is 20.4 Å². The van der Waals surface area contributed by atoms with Crippen LogP contribution in [0.3, 0.4) is 0 Å². The third kappa shape index (κ3) is 6.09. The molecule has 2 N–H and O–H groups in total. The van der Waals surface area contributed by atoms with Gasteiger partial charge in [-0.05, 0) is 49.3 Å². The molecule has 2 bridgehead atoms. The minimum atomic E-state index is -0.702. The van der Waals surface area contributed by atoms with Gasteiger partial charge in [0.15, 0.2) is 0 Å². The second-order valence-electron chi connectivity index (χ2n) is 9.18. The van der Waals surface area contributed by atoms with Crippen molar-refractivity contribution >= 4 is 23.6 Å². The molecule has 8 nitrogen and oxygen atoms in total. The van der Waals surface area contributed by atoms with E-state index >= 15 is 0 Å². The summed E-state index contributed by atoms with van der Waals surface area (Å²) in [4.78, 5) is 53.8. The molecule has 0 radical (unpaired) electrons. The Labute approximate surface area is 193 Å². The summed E-state index contributed by atoms with van der Waals surface area (Å²) in [7, 11) is 0. The van der Waals surface area contributed by atoms with Crippen LogP contribution in [0.5, 0.6) is 0 Å². The monoisotopic (exact) mass is 460 g/mol. The Morgan fingerprint density at radius 1 is 1.18 bits per heavy atom. The number of carbonyl (C=O) groups is 4. The van der Waals surface area contributed by atoms with E-state index in [0.717, 1.165) is 5.56 Å². The second kappa shape index (κ2) is 10.8. The minimum Gasteiger partial charge on any atom is -0.355 e. The van der Waals surface area contributed by atoms with E-state index in [1.165, 1.54) is 22.8 Å². The fourth-order valence-corrected chi connectivity index (χ4v) is 4.32. The van der Waals surface area contributed by atoms with Crippen LogP contribution in [0.1, 0.15) is 56.0 Å². The smallest absolute Gasteiger partial charge is 0.257 e. The highest BCUT2D eigenvalue weighted by molar-refractivity contribution is 5.98. The third-order valence-corrected chi connectivity index (χ3v) is 6.37. The van der Waals surface area contributed by atoms with Crippen molar-refractivity contribution in [2.75, 3.05) is 26.2 Å². The standard InChI is InChI=1S/C24H33FN4O4/c1-15(2)20-13-28(16(3)30)14-22(31)26-10-4-6-17-8-9-19(25)18(12-17)24(33)29-11-5-7-21(29)23(32)27-20/h8-9,12,15,20-21H,4-7,10-11,13-14H2,1-3H3,(H,26,31)(H,27,32)/t20-,21-/m0/s1. The number of carbonyl (C=O) groups excluding carboxylic acids is 4. The maximum atomic E-state index is 14.6. The number of nitrogens with zero attached hydrogens (tertiary/aromatic N) is 2. The second-order valence-corrected chi connectivity index (χ2v) is 9.18. The van der Waals surface area contributed by atoms with Crippen LogP contribution in [0, 0.1) is 11.7 Å². The number of hydrogen-bond donors (Lipinski definition) is 2. The molecule has 1 aromatic rings. The quantitative estimate of drug-likeness (QED) is 0.663. The summed E-state index contributed by atoms with van der Waals surface area (Å²) >= 11 is 0. The van der Waals surface area contributed by atoms with E-state index in [1.807, 2.05) is 13.8 Å². The highest BCUT2D eigenvalue weighted by Gasteiger charge is 2.37. The average Bonchev–Trinajstić information content (AvgIpc) is 3.25. The van der Waals surface area contributed by atoms with Gasteiger partial charge in [-0.3, -0.25) is 19.2 Å². The van der Waals surface area contributed by atoms with E-state index in [-0.39, 0.29) is 42.3 Å². The highest BCUT2D eigenvalue weighted by atomic mass is 19.1. The average molecular weight is 461 g/mol. The van der Waals surface area contributed by atoms with Crippen molar-refractivity contribution in [2.45, 2.75) is 58.5 Å². The lowest BCUT2D eigenvalue weighted by Crippen LogP contribution is -2.54. The predicted octanol–water partition coefficient (Wildman–Crippen LogP) is 1.48. The molecule has 2 aliphatic heterocycles. The molecular weight excluding hydrogens is 427 g/mol. The zero-order valence-corrected chi connectivity index (χ0v) is 19.5. The number of rotatable bonds is 1. The lowest BCUT2D eigenvalue weighted by Gasteiger charge is -2.31. The Morgan fingerprint density at radius 3 is 2.64 bits per heavy atom. The van der Waals surface area contributed by atoms with Crippen LogP contribution < -0.4 is 10.6 Å². The van der Waals surface area contributed by atoms with Gasteiger partial charge in [-0.2, -0.15) is 0 Å². The number of hydrogen-bond acceptors (Lipinski definition) is 4. The number of aryl methyl sites for hydroxylation is 1. The van der Waals surface area contributed by atoms with E-state index in [4.69, 9.17) is 0 Å². The number of fused-ring (bicyclic) bond motifs is 3. The first-order chi connectivity index (χ1) is 15.7. The Morgan fingerprint density at radius 2 is 1.94 bits per heavy atom. The van der Waals surface area contributed by atoms with Crippen LogP contribution in [-0.4, -0.2) is 71.7 Å². The van der Waals surface area contributed by atoms with E-state index in [1.54, 1.807) is 12.1 Å². The van der Waals surface area contributed by atoms with Crippen LogP contribution in [-0.2, 0) is 20.8 Å². The number of nitrogens with one attached hydrogen (secondary N) is 2. The van der Waals surface area contributed by atoms with E-state index in [2.05, 4.69) is 10.6 Å². The van der Waals surface area contributed by atoms with Crippen LogP contribution >= 0.6 is 0 Å².